The van der Waals surface area contributed by atoms with Gasteiger partial charge in [-0.3, -0.25) is 18.3 Å². The zero-order valence-corrected chi connectivity index (χ0v) is 38.0. The van der Waals surface area contributed by atoms with Gasteiger partial charge in [0.2, 0.25) is 6.61 Å². The summed E-state index contributed by atoms with van der Waals surface area (Å²) in [5.41, 5.74) is -4.07. The van der Waals surface area contributed by atoms with E-state index in [1.54, 1.807) is 27.7 Å². The molecule has 0 saturated heterocycles. The van der Waals surface area contributed by atoms with Crippen LogP contribution in [-0.4, -0.2) is 86.3 Å². The van der Waals surface area contributed by atoms with Crippen LogP contribution in [0, 0.1) is 21.2 Å². The van der Waals surface area contributed by atoms with Gasteiger partial charge in [0.25, 0.3) is 0 Å². The first-order valence-corrected chi connectivity index (χ1v) is 19.7. The van der Waals surface area contributed by atoms with Gasteiger partial charge in [0.1, 0.15) is 23.1 Å². The zero-order valence-electron chi connectivity index (χ0n) is 34.9. The number of rotatable bonds is 9. The Hall–Kier alpha value is -6.11. The molecule has 0 saturated carbocycles. The molecule has 0 radical (unpaired) electrons. The highest BCUT2D eigenvalue weighted by atomic mass is 35.5. The lowest BCUT2D eigenvalue weighted by molar-refractivity contribution is -0.145. The Labute approximate surface area is 374 Å². The van der Waals surface area contributed by atoms with E-state index in [1.165, 1.54) is 47.4 Å². The van der Waals surface area contributed by atoms with Crippen molar-refractivity contribution in [2.75, 3.05) is 13.7 Å². The maximum atomic E-state index is 14.9. The first-order chi connectivity index (χ1) is 29.4. The summed E-state index contributed by atoms with van der Waals surface area (Å²) in [6.45, 7) is 6.15. The molecule has 2 unspecified atom stereocenters. The van der Waals surface area contributed by atoms with Crippen LogP contribution in [0.4, 0.5) is 8.78 Å². The van der Waals surface area contributed by atoms with Crippen LogP contribution in [-0.2, 0) is 52.2 Å². The Morgan fingerprint density at radius 2 is 1.13 bits per heavy atom. The Kier molecular flexibility index (Phi) is 13.9. The third kappa shape index (κ3) is 9.05. The minimum absolute atomic E-state index is 0.00137. The summed E-state index contributed by atoms with van der Waals surface area (Å²) >= 11 is 22.6. The van der Waals surface area contributed by atoms with Crippen molar-refractivity contribution >= 4 is 76.5 Å². The number of carbonyl (C=O) groups excluding carboxylic acids is 1. The average molecular weight is 956 g/mol. The molecule has 20 nitrogen and oxygen atoms in total. The highest BCUT2D eigenvalue weighted by molar-refractivity contribution is 7.71. The lowest BCUT2D eigenvalue weighted by Crippen LogP contribution is -2.43. The van der Waals surface area contributed by atoms with Crippen LogP contribution >= 0.6 is 47.6 Å². The third-order valence-electron chi connectivity index (χ3n) is 10.3. The number of nitrogens with zero attached hydrogens (tertiary/aromatic N) is 10. The summed E-state index contributed by atoms with van der Waals surface area (Å²) in [6.07, 6.45) is 0.333. The van der Waals surface area contributed by atoms with Gasteiger partial charge in [0.15, 0.2) is 20.7 Å². The van der Waals surface area contributed by atoms with Gasteiger partial charge >= 0.3 is 28.7 Å². The number of hydrogen-bond donors (Lipinski definition) is 1. The van der Waals surface area contributed by atoms with Crippen LogP contribution in [0.3, 0.4) is 0 Å². The minimum Gasteiger partial charge on any atom is -0.466 e. The van der Waals surface area contributed by atoms with Crippen LogP contribution in [0.1, 0.15) is 51.7 Å². The summed E-state index contributed by atoms with van der Waals surface area (Å²) in [7, 11) is 6.74. The monoisotopic (exact) mass is 954 g/mol. The van der Waals surface area contributed by atoms with E-state index in [2.05, 4.69) is 25.4 Å². The predicted molar refractivity (Wildman–Crippen MR) is 231 cm³/mol. The minimum atomic E-state index is -1.05. The number of ether oxygens (including phenoxy) is 1. The van der Waals surface area contributed by atoms with Crippen LogP contribution < -0.4 is 22.8 Å². The van der Waals surface area contributed by atoms with Gasteiger partial charge in [-0.05, 0) is 76.4 Å². The van der Waals surface area contributed by atoms with E-state index >= 15 is 0 Å². The number of oxime groups is 4. The second-order valence-electron chi connectivity index (χ2n) is 14.5. The number of esters is 1. The molecular weight excluding hydrogens is 918 g/mol. The van der Waals surface area contributed by atoms with Crippen molar-refractivity contribution in [3.8, 4) is 11.4 Å². The molecule has 6 rings (SSSR count). The second-order valence-corrected chi connectivity index (χ2v) is 16.0. The molecule has 4 heterocycles. The second kappa shape index (κ2) is 18.3. The molecule has 2 atom stereocenters. The van der Waals surface area contributed by atoms with Gasteiger partial charge < -0.3 is 24.5 Å². The molecule has 2 aliphatic rings. The van der Waals surface area contributed by atoms with Crippen molar-refractivity contribution in [1.29, 1.82) is 0 Å². The molecule has 26 heteroatoms. The number of carbonyl (C=O) groups is 1. The maximum absolute atomic E-state index is 14.9. The van der Waals surface area contributed by atoms with Gasteiger partial charge in [-0.2, -0.15) is 0 Å². The van der Waals surface area contributed by atoms with Gasteiger partial charge in [0, 0.05) is 52.2 Å². The summed E-state index contributed by atoms with van der Waals surface area (Å²) in [4.78, 5) is 77.7. The highest BCUT2D eigenvalue weighted by Gasteiger charge is 2.40. The highest BCUT2D eigenvalue weighted by Crippen LogP contribution is 2.34. The number of hydrogen-bond acceptors (Lipinski definition) is 16. The normalized spacial score (nSPS) is 18.5. The lowest BCUT2D eigenvalue weighted by Gasteiger charge is -2.20. The molecule has 0 aliphatic carbocycles. The lowest BCUT2D eigenvalue weighted by atomic mass is 9.92. The molecular formula is C37H38Cl2F2N10O10S2. The van der Waals surface area contributed by atoms with Crippen molar-refractivity contribution in [2.45, 2.75) is 51.7 Å². The number of halogens is 4. The Morgan fingerprint density at radius 1 is 0.762 bits per heavy atom. The van der Waals surface area contributed by atoms with Crippen molar-refractivity contribution in [3.05, 3.63) is 109 Å². The summed E-state index contributed by atoms with van der Waals surface area (Å²) < 4.78 is 39.6. The molecule has 0 bridgehead atoms. The molecule has 1 N–H and O–H groups in total. The van der Waals surface area contributed by atoms with Crippen LogP contribution in [0.25, 0.3) is 11.4 Å². The molecule has 4 aromatic rings. The molecule has 2 aromatic heterocycles. The van der Waals surface area contributed by atoms with E-state index < -0.39 is 51.6 Å². The molecule has 0 amide bonds. The van der Waals surface area contributed by atoms with Crippen LogP contribution in [0.15, 0.2) is 64.1 Å². The van der Waals surface area contributed by atoms with E-state index in [4.69, 9.17) is 67.4 Å². The first-order valence-electron chi connectivity index (χ1n) is 18.1. The van der Waals surface area contributed by atoms with Crippen LogP contribution in [0.5, 0.6) is 0 Å². The third-order valence-corrected chi connectivity index (χ3v) is 12.0. The number of aromatic nitrogens is 6. The Morgan fingerprint density at radius 3 is 1.48 bits per heavy atom. The van der Waals surface area contributed by atoms with E-state index in [-0.39, 0.29) is 67.2 Å². The molecule has 336 valence electrons. The van der Waals surface area contributed by atoms with Crippen molar-refractivity contribution < 1.29 is 38.0 Å². The van der Waals surface area contributed by atoms with Gasteiger partial charge in [-0.25, -0.2) is 41.9 Å². The SMILES string of the molecule is C/C(=N\O)C1(C)CC(c2cc(-n3c(=O)n(C)c(=S)n(C)c3=O)c(F)cc2Cl)=NO1.COC(=O)CO/N=C(\C)C1(C)CC(c2cc(-n3c(=O)n(C)c(=S)n(C)c3=O)c(F)cc2Cl)=NO1. The topological polar surface area (TPSA) is 222 Å². The summed E-state index contributed by atoms with van der Waals surface area (Å²) in [5.74, 6) is -2.36. The van der Waals surface area contributed by atoms with Gasteiger partial charge in [-0.1, -0.05) is 43.8 Å². The smallest absolute Gasteiger partial charge is 0.346 e. The standard InChI is InChI=1S/C20H21ClFN5O6S.C17H17ClFN5O4S/c1-10(23-32-9-16(28)31-5)20(2)8-14(24-33-20)11-6-15(13(22)7-12(11)21)27-17(29)25(3)19(34)26(4)18(27)30;1-8(20-27)17(2)7-12(21-28-17)9-5-13(11(19)6-10(9)18)24-14(25)22(3)16(29)23(4)15(24)26/h6-7H,8-9H2,1-5H3;5-6,27H,7H2,1-4H3/b23-10+;20-8+. The fourth-order valence-corrected chi connectivity index (χ4v) is 6.84. The zero-order chi connectivity index (χ0) is 47.0. The van der Waals surface area contributed by atoms with E-state index in [0.717, 1.165) is 30.4 Å². The molecule has 0 spiro atoms. The molecule has 63 heavy (non-hydrogen) atoms. The van der Waals surface area contributed by atoms with Crippen molar-refractivity contribution in [1.82, 2.24) is 27.4 Å². The summed E-state index contributed by atoms with van der Waals surface area (Å²) in [5, 5.41) is 24.1. The Balaban J connectivity index is 0.000000240. The average Bonchev–Trinajstić information content (AvgIpc) is 3.85. The predicted octanol–water partition coefficient (Wildman–Crippen LogP) is 3.98. The van der Waals surface area contributed by atoms with E-state index in [1.807, 2.05) is 0 Å². The fraction of sp³-hybridized carbons (Fsp3) is 0.378. The quantitative estimate of drug-likeness (QED) is 0.0828. The number of methoxy groups -OCH3 is 1. The molecule has 0 fully saturated rings. The van der Waals surface area contributed by atoms with Crippen LogP contribution in [0.2, 0.25) is 10.0 Å². The maximum Gasteiger partial charge on any atom is 0.346 e. The fourth-order valence-electron chi connectivity index (χ4n) is 6.01. The van der Waals surface area contributed by atoms with E-state index in [9.17, 15) is 32.8 Å². The first kappa shape index (κ1) is 47.9. The summed E-state index contributed by atoms with van der Waals surface area (Å²) in [6, 6.07) is 4.48. The van der Waals surface area contributed by atoms with Crippen molar-refractivity contribution in [2.24, 2.45) is 48.8 Å². The Bertz CT molecular complexity index is 3000. The molecule has 2 aromatic carbocycles. The van der Waals surface area contributed by atoms with Gasteiger partial charge in [-0.15, -0.1) is 0 Å². The number of benzene rings is 2. The molecule has 2 aliphatic heterocycles. The largest absolute Gasteiger partial charge is 0.466 e. The van der Waals surface area contributed by atoms with Crippen molar-refractivity contribution in [3.63, 3.8) is 0 Å². The van der Waals surface area contributed by atoms with E-state index in [0.29, 0.717) is 26.3 Å². The van der Waals surface area contributed by atoms with Gasteiger partial charge in [0.05, 0.1) is 40.0 Å².